The van der Waals surface area contributed by atoms with Crippen molar-refractivity contribution >= 4 is 0 Å². The average molecular weight is 286 g/mol. The number of hydrogen-bond acceptors (Lipinski definition) is 1. The standard InChI is InChI=1S/C15H14F4O/c1-2-14(20-15(17,18)19)9-7-11(8-10-14)12-5-3-4-6-13(12)16/h3-11H,2H2,1H3. The normalized spacial score (nSPS) is 25.9. The predicted molar refractivity (Wildman–Crippen MR) is 67.6 cm³/mol. The molecule has 1 aromatic rings. The number of halogens is 4. The van der Waals surface area contributed by atoms with Crippen LogP contribution in [0, 0.1) is 5.82 Å². The molecular formula is C15H14F4O. The summed E-state index contributed by atoms with van der Waals surface area (Å²) >= 11 is 0. The zero-order chi connectivity index (χ0) is 14.8. The first-order chi connectivity index (χ1) is 9.35. The van der Waals surface area contributed by atoms with Gasteiger partial charge in [-0.3, -0.25) is 4.74 Å². The van der Waals surface area contributed by atoms with E-state index in [2.05, 4.69) is 4.74 Å². The van der Waals surface area contributed by atoms with E-state index in [1.807, 2.05) is 0 Å². The largest absolute Gasteiger partial charge is 0.523 e. The van der Waals surface area contributed by atoms with Crippen molar-refractivity contribution in [2.24, 2.45) is 0 Å². The summed E-state index contributed by atoms with van der Waals surface area (Å²) in [5.41, 5.74) is -1.07. The van der Waals surface area contributed by atoms with Crippen LogP contribution in [0.2, 0.25) is 0 Å². The summed E-state index contributed by atoms with van der Waals surface area (Å²) < 4.78 is 55.0. The summed E-state index contributed by atoms with van der Waals surface area (Å²) in [4.78, 5) is 0. The molecule has 0 amide bonds. The van der Waals surface area contributed by atoms with Crippen LogP contribution in [0.4, 0.5) is 17.6 Å². The second-order valence-corrected chi connectivity index (χ2v) is 4.62. The van der Waals surface area contributed by atoms with Gasteiger partial charge in [0.1, 0.15) is 11.4 Å². The van der Waals surface area contributed by atoms with Crippen molar-refractivity contribution in [3.05, 3.63) is 60.0 Å². The van der Waals surface area contributed by atoms with Crippen molar-refractivity contribution in [3.63, 3.8) is 0 Å². The number of alkyl halides is 3. The highest BCUT2D eigenvalue weighted by Crippen LogP contribution is 2.35. The van der Waals surface area contributed by atoms with Crippen LogP contribution in [0.3, 0.4) is 0 Å². The van der Waals surface area contributed by atoms with Crippen LogP contribution in [0.15, 0.2) is 48.6 Å². The maximum absolute atomic E-state index is 13.6. The third-order valence-corrected chi connectivity index (χ3v) is 3.29. The first kappa shape index (κ1) is 14.8. The second kappa shape index (κ2) is 5.40. The highest BCUT2D eigenvalue weighted by atomic mass is 19.4. The molecule has 1 aliphatic rings. The van der Waals surface area contributed by atoms with E-state index in [4.69, 9.17) is 0 Å². The summed E-state index contributed by atoms with van der Waals surface area (Å²) in [6.45, 7) is 1.60. The Morgan fingerprint density at radius 3 is 2.25 bits per heavy atom. The van der Waals surface area contributed by atoms with E-state index in [0.717, 1.165) is 0 Å². The van der Waals surface area contributed by atoms with Crippen molar-refractivity contribution in [1.82, 2.24) is 0 Å². The Morgan fingerprint density at radius 1 is 1.15 bits per heavy atom. The molecule has 0 fully saturated rings. The lowest BCUT2D eigenvalue weighted by Crippen LogP contribution is -2.35. The minimum atomic E-state index is -4.71. The van der Waals surface area contributed by atoms with E-state index in [-0.39, 0.29) is 18.2 Å². The third kappa shape index (κ3) is 3.28. The molecule has 0 atom stereocenters. The maximum Gasteiger partial charge on any atom is 0.523 e. The van der Waals surface area contributed by atoms with Crippen LogP contribution < -0.4 is 0 Å². The van der Waals surface area contributed by atoms with Crippen LogP contribution in [0.25, 0.3) is 0 Å². The maximum atomic E-state index is 13.6. The quantitative estimate of drug-likeness (QED) is 0.577. The van der Waals surface area contributed by atoms with Crippen LogP contribution in [0.5, 0.6) is 0 Å². The lowest BCUT2D eigenvalue weighted by molar-refractivity contribution is -0.351. The van der Waals surface area contributed by atoms with E-state index in [1.54, 1.807) is 25.1 Å². The van der Waals surface area contributed by atoms with Gasteiger partial charge in [-0.15, -0.1) is 13.2 Å². The van der Waals surface area contributed by atoms with Gasteiger partial charge in [0.15, 0.2) is 0 Å². The van der Waals surface area contributed by atoms with Gasteiger partial charge in [0.2, 0.25) is 0 Å². The molecule has 0 aromatic heterocycles. The number of allylic oxidation sites excluding steroid dienone is 2. The van der Waals surface area contributed by atoms with E-state index in [1.165, 1.54) is 30.4 Å². The molecule has 0 saturated heterocycles. The molecule has 1 aliphatic carbocycles. The van der Waals surface area contributed by atoms with Gasteiger partial charge in [0.25, 0.3) is 0 Å². The van der Waals surface area contributed by atoms with Gasteiger partial charge in [-0.1, -0.05) is 49.4 Å². The molecule has 1 aromatic carbocycles. The van der Waals surface area contributed by atoms with Crippen molar-refractivity contribution in [2.45, 2.75) is 31.2 Å². The smallest absolute Gasteiger partial charge is 0.277 e. The van der Waals surface area contributed by atoms with Gasteiger partial charge >= 0.3 is 6.36 Å². The monoisotopic (exact) mass is 286 g/mol. The Kier molecular flexibility index (Phi) is 3.99. The predicted octanol–water partition coefficient (Wildman–Crippen LogP) is 4.72. The summed E-state index contributed by atoms with van der Waals surface area (Å²) in [6, 6.07) is 6.19. The minimum Gasteiger partial charge on any atom is -0.277 e. The summed E-state index contributed by atoms with van der Waals surface area (Å²) in [7, 11) is 0. The van der Waals surface area contributed by atoms with E-state index >= 15 is 0 Å². The lowest BCUT2D eigenvalue weighted by Gasteiger charge is -2.30. The van der Waals surface area contributed by atoms with Gasteiger partial charge in [-0.2, -0.15) is 0 Å². The Morgan fingerprint density at radius 2 is 1.75 bits per heavy atom. The van der Waals surface area contributed by atoms with Gasteiger partial charge in [0.05, 0.1) is 0 Å². The van der Waals surface area contributed by atoms with Crippen molar-refractivity contribution in [3.8, 4) is 0 Å². The summed E-state index contributed by atoms with van der Waals surface area (Å²) in [5.74, 6) is -0.764. The molecule has 0 spiro atoms. The van der Waals surface area contributed by atoms with Crippen LogP contribution in [0.1, 0.15) is 24.8 Å². The molecule has 0 heterocycles. The number of ether oxygens (including phenoxy) is 1. The average Bonchev–Trinajstić information content (AvgIpc) is 2.39. The fourth-order valence-electron chi connectivity index (χ4n) is 2.20. The second-order valence-electron chi connectivity index (χ2n) is 4.62. The molecule has 0 bridgehead atoms. The Hall–Kier alpha value is -1.62. The van der Waals surface area contributed by atoms with Gasteiger partial charge in [0, 0.05) is 5.92 Å². The third-order valence-electron chi connectivity index (χ3n) is 3.29. The molecule has 5 heteroatoms. The fourth-order valence-corrected chi connectivity index (χ4v) is 2.20. The Labute approximate surface area is 114 Å². The highest BCUT2D eigenvalue weighted by Gasteiger charge is 2.40. The number of hydrogen-bond donors (Lipinski definition) is 0. The summed E-state index contributed by atoms with van der Waals surface area (Å²) in [6.07, 6.45) is 1.19. The first-order valence-electron chi connectivity index (χ1n) is 6.25. The molecule has 20 heavy (non-hydrogen) atoms. The molecular weight excluding hydrogens is 272 g/mol. The van der Waals surface area contributed by atoms with Crippen LogP contribution in [-0.2, 0) is 4.74 Å². The van der Waals surface area contributed by atoms with Crippen molar-refractivity contribution in [1.29, 1.82) is 0 Å². The minimum absolute atomic E-state index is 0.142. The van der Waals surface area contributed by atoms with E-state index < -0.39 is 12.0 Å². The van der Waals surface area contributed by atoms with Gasteiger partial charge in [-0.25, -0.2) is 4.39 Å². The molecule has 0 saturated carbocycles. The zero-order valence-electron chi connectivity index (χ0n) is 10.8. The van der Waals surface area contributed by atoms with Crippen molar-refractivity contribution < 1.29 is 22.3 Å². The highest BCUT2D eigenvalue weighted by molar-refractivity contribution is 5.36. The van der Waals surface area contributed by atoms with Gasteiger partial charge < -0.3 is 0 Å². The van der Waals surface area contributed by atoms with Crippen molar-refractivity contribution in [2.75, 3.05) is 0 Å². The Bertz CT molecular complexity index is 517. The van der Waals surface area contributed by atoms with Crippen LogP contribution in [-0.4, -0.2) is 12.0 Å². The van der Waals surface area contributed by atoms with Gasteiger partial charge in [-0.05, 0) is 18.1 Å². The molecule has 1 nitrogen and oxygen atoms in total. The molecule has 2 rings (SSSR count). The fraction of sp³-hybridized carbons (Fsp3) is 0.333. The molecule has 0 N–H and O–H groups in total. The number of rotatable bonds is 3. The first-order valence-corrected chi connectivity index (χ1v) is 6.25. The topological polar surface area (TPSA) is 9.23 Å². The van der Waals surface area contributed by atoms with Crippen LogP contribution >= 0.6 is 0 Å². The summed E-state index contributed by atoms with van der Waals surface area (Å²) in [5, 5.41) is 0. The molecule has 0 aliphatic heterocycles. The molecule has 108 valence electrons. The molecule has 0 radical (unpaired) electrons. The zero-order valence-corrected chi connectivity index (χ0v) is 10.8. The lowest BCUT2D eigenvalue weighted by atomic mass is 9.86. The number of benzene rings is 1. The SMILES string of the molecule is CCC1(OC(F)(F)F)C=CC(c2ccccc2F)C=C1. The van der Waals surface area contributed by atoms with E-state index in [9.17, 15) is 17.6 Å². The molecule has 0 unspecified atom stereocenters. The van der Waals surface area contributed by atoms with E-state index in [0.29, 0.717) is 5.56 Å². The Balaban J connectivity index is 2.22.